The molecule has 0 spiro atoms. The van der Waals surface area contributed by atoms with E-state index < -0.39 is 12.2 Å². The van der Waals surface area contributed by atoms with Gasteiger partial charge in [-0.25, -0.2) is 4.79 Å². The topological polar surface area (TPSA) is 60.8 Å². The molecule has 0 bridgehead atoms. The van der Waals surface area contributed by atoms with E-state index in [2.05, 4.69) is 0 Å². The number of anilines is 1. The van der Waals surface area contributed by atoms with Crippen molar-refractivity contribution in [3.63, 3.8) is 0 Å². The van der Waals surface area contributed by atoms with Gasteiger partial charge in [0, 0.05) is 17.6 Å². The number of carboxylic acids is 1. The molecule has 13 heavy (non-hydrogen) atoms. The normalized spacial score (nSPS) is 12.5. The molecule has 1 aromatic heterocycles. The van der Waals surface area contributed by atoms with Gasteiger partial charge in [-0.05, 0) is 18.4 Å². The molecule has 2 N–H and O–H groups in total. The molecule has 0 saturated heterocycles. The Morgan fingerprint density at radius 2 is 2.46 bits per heavy atom. The van der Waals surface area contributed by atoms with Gasteiger partial charge >= 0.3 is 5.97 Å². The molecule has 0 aliphatic rings. The number of aliphatic hydroxyl groups excluding tert-OH is 1. The summed E-state index contributed by atoms with van der Waals surface area (Å²) in [5.41, 5.74) is 0.738. The summed E-state index contributed by atoms with van der Waals surface area (Å²) < 4.78 is 0. The number of aliphatic hydroxyl groups is 1. The largest absolute Gasteiger partial charge is 0.478 e. The van der Waals surface area contributed by atoms with E-state index in [0.717, 1.165) is 5.69 Å². The zero-order valence-corrected chi connectivity index (χ0v) is 7.99. The zero-order valence-electron chi connectivity index (χ0n) is 7.17. The second-order valence-corrected chi connectivity index (χ2v) is 3.26. The maximum Gasteiger partial charge on any atom is 0.354 e. The van der Waals surface area contributed by atoms with Crippen LogP contribution in [0.25, 0.3) is 0 Å². The van der Waals surface area contributed by atoms with Crippen LogP contribution in [-0.4, -0.2) is 29.0 Å². The minimum Gasteiger partial charge on any atom is -0.478 e. The number of nitrogens with zero attached hydrogens (tertiary/aromatic N) is 1. The van der Waals surface area contributed by atoms with Crippen molar-refractivity contribution in [3.05, 3.63) is 16.8 Å². The molecule has 0 aromatic carbocycles. The van der Waals surface area contributed by atoms with Crippen LogP contribution in [0.5, 0.6) is 0 Å². The van der Waals surface area contributed by atoms with E-state index in [-0.39, 0.29) is 0 Å². The average Bonchev–Trinajstić information content (AvgIpc) is 2.58. The van der Waals surface area contributed by atoms with Crippen molar-refractivity contribution in [2.45, 2.75) is 13.2 Å². The highest BCUT2D eigenvalue weighted by Gasteiger charge is 2.21. The summed E-state index contributed by atoms with van der Waals surface area (Å²) in [6, 6.07) is 1.78. The van der Waals surface area contributed by atoms with Crippen LogP contribution in [-0.2, 0) is 4.79 Å². The summed E-state index contributed by atoms with van der Waals surface area (Å²) in [5.74, 6) is -1.23. The molecule has 72 valence electrons. The molecule has 0 aliphatic heterocycles. The Labute approximate surface area is 80.0 Å². The Bertz CT molecular complexity index is 273. The molecule has 0 amide bonds. The van der Waals surface area contributed by atoms with Crippen LogP contribution in [0.15, 0.2) is 16.8 Å². The van der Waals surface area contributed by atoms with Gasteiger partial charge in [-0.1, -0.05) is 0 Å². The molecule has 0 fully saturated rings. The van der Waals surface area contributed by atoms with Gasteiger partial charge in [0.25, 0.3) is 0 Å². The molecule has 0 saturated carbocycles. The van der Waals surface area contributed by atoms with Gasteiger partial charge in [-0.3, -0.25) is 0 Å². The van der Waals surface area contributed by atoms with Crippen molar-refractivity contribution in [1.82, 2.24) is 0 Å². The highest BCUT2D eigenvalue weighted by atomic mass is 32.1. The van der Waals surface area contributed by atoms with Gasteiger partial charge in [0.1, 0.15) is 0 Å². The number of carboxylic acid groups (broad SMARTS) is 1. The molecular formula is C8H11NO3S. The molecule has 1 aromatic rings. The Morgan fingerprint density at radius 3 is 2.85 bits per heavy atom. The molecule has 4 nitrogen and oxygen atoms in total. The van der Waals surface area contributed by atoms with Gasteiger partial charge in [0.2, 0.25) is 6.23 Å². The third-order valence-corrected chi connectivity index (χ3v) is 2.37. The van der Waals surface area contributed by atoms with Crippen LogP contribution >= 0.6 is 11.3 Å². The van der Waals surface area contributed by atoms with Crippen molar-refractivity contribution in [1.29, 1.82) is 0 Å². The van der Waals surface area contributed by atoms with Crippen molar-refractivity contribution in [2.24, 2.45) is 0 Å². The molecule has 5 heteroatoms. The predicted molar refractivity (Wildman–Crippen MR) is 51.0 cm³/mol. The number of thiophene rings is 1. The van der Waals surface area contributed by atoms with E-state index in [1.54, 1.807) is 18.4 Å². The van der Waals surface area contributed by atoms with Crippen LogP contribution in [0, 0.1) is 0 Å². The lowest BCUT2D eigenvalue weighted by Gasteiger charge is -2.24. The van der Waals surface area contributed by atoms with E-state index in [0.29, 0.717) is 6.54 Å². The van der Waals surface area contributed by atoms with Crippen LogP contribution in [0.2, 0.25) is 0 Å². The molecule has 0 radical (unpaired) electrons. The van der Waals surface area contributed by atoms with E-state index in [1.165, 1.54) is 16.2 Å². The Hall–Kier alpha value is -1.07. The molecular weight excluding hydrogens is 190 g/mol. The second kappa shape index (κ2) is 4.25. The number of rotatable bonds is 4. The number of aliphatic carboxylic acids is 1. The van der Waals surface area contributed by atoms with Crippen LogP contribution in [0.1, 0.15) is 6.92 Å². The van der Waals surface area contributed by atoms with E-state index >= 15 is 0 Å². The molecule has 1 heterocycles. The van der Waals surface area contributed by atoms with Crippen LogP contribution < -0.4 is 4.90 Å². The first-order chi connectivity index (χ1) is 6.16. The molecule has 1 rings (SSSR count). The maximum atomic E-state index is 10.5. The standard InChI is InChI=1S/C8H11NO3S/c1-2-9(7(10)8(11)12)6-3-4-13-5-6/h3-5,7,10H,2H2,1H3,(H,11,12). The van der Waals surface area contributed by atoms with E-state index in [1.807, 2.05) is 5.38 Å². The third kappa shape index (κ3) is 2.19. The molecule has 1 unspecified atom stereocenters. The summed E-state index contributed by atoms with van der Waals surface area (Å²) in [5, 5.41) is 21.5. The van der Waals surface area contributed by atoms with Gasteiger partial charge < -0.3 is 15.1 Å². The van der Waals surface area contributed by atoms with Crippen molar-refractivity contribution in [2.75, 3.05) is 11.4 Å². The monoisotopic (exact) mass is 201 g/mol. The van der Waals surface area contributed by atoms with Crippen molar-refractivity contribution < 1.29 is 15.0 Å². The summed E-state index contributed by atoms with van der Waals surface area (Å²) in [7, 11) is 0. The summed E-state index contributed by atoms with van der Waals surface area (Å²) in [6.07, 6.45) is -1.46. The van der Waals surface area contributed by atoms with E-state index in [4.69, 9.17) is 5.11 Å². The fourth-order valence-corrected chi connectivity index (χ4v) is 1.70. The Kier molecular flexibility index (Phi) is 3.27. The fourth-order valence-electron chi connectivity index (χ4n) is 1.05. The van der Waals surface area contributed by atoms with Gasteiger partial charge in [0.15, 0.2) is 0 Å². The van der Waals surface area contributed by atoms with Gasteiger partial charge in [0.05, 0.1) is 0 Å². The summed E-state index contributed by atoms with van der Waals surface area (Å²) in [4.78, 5) is 11.9. The SMILES string of the molecule is CCN(c1ccsc1)C(O)C(=O)O. The van der Waals surface area contributed by atoms with Crippen molar-refractivity contribution in [3.8, 4) is 0 Å². The average molecular weight is 201 g/mol. The number of hydrogen-bond acceptors (Lipinski definition) is 4. The van der Waals surface area contributed by atoms with E-state index in [9.17, 15) is 9.90 Å². The van der Waals surface area contributed by atoms with Crippen LogP contribution in [0.4, 0.5) is 5.69 Å². The minimum absolute atomic E-state index is 0.463. The Balaban J connectivity index is 2.79. The number of likely N-dealkylation sites (N-methyl/N-ethyl adjacent to an activating group) is 1. The summed E-state index contributed by atoms with van der Waals surface area (Å²) in [6.45, 7) is 2.26. The highest BCUT2D eigenvalue weighted by Crippen LogP contribution is 2.19. The third-order valence-electron chi connectivity index (χ3n) is 1.69. The first-order valence-electron chi connectivity index (χ1n) is 3.86. The second-order valence-electron chi connectivity index (χ2n) is 2.48. The lowest BCUT2D eigenvalue weighted by Crippen LogP contribution is -2.40. The Morgan fingerprint density at radius 1 is 1.77 bits per heavy atom. The maximum absolute atomic E-state index is 10.5. The van der Waals surface area contributed by atoms with Crippen LogP contribution in [0.3, 0.4) is 0 Å². The number of carbonyl (C=O) groups is 1. The van der Waals surface area contributed by atoms with Gasteiger partial charge in [-0.2, -0.15) is 11.3 Å². The highest BCUT2D eigenvalue weighted by molar-refractivity contribution is 7.08. The van der Waals surface area contributed by atoms with Crippen molar-refractivity contribution >= 4 is 23.0 Å². The summed E-state index contributed by atoms with van der Waals surface area (Å²) >= 11 is 1.47. The molecule has 1 atom stereocenters. The predicted octanol–water partition coefficient (Wildman–Crippen LogP) is 0.977. The first-order valence-corrected chi connectivity index (χ1v) is 4.80. The number of hydrogen-bond donors (Lipinski definition) is 2. The minimum atomic E-state index is -1.46. The zero-order chi connectivity index (χ0) is 9.84. The van der Waals surface area contributed by atoms with Gasteiger partial charge in [-0.15, -0.1) is 0 Å². The lowest BCUT2D eigenvalue weighted by molar-refractivity contribution is -0.146. The quantitative estimate of drug-likeness (QED) is 0.713. The first kappa shape index (κ1) is 10.0. The fraction of sp³-hybridized carbons (Fsp3) is 0.375. The molecule has 0 aliphatic carbocycles. The smallest absolute Gasteiger partial charge is 0.354 e. The lowest BCUT2D eigenvalue weighted by atomic mass is 10.4.